The van der Waals surface area contributed by atoms with Crippen LogP contribution in [0.1, 0.15) is 12.8 Å². The fraction of sp³-hybridized carbons (Fsp3) is 0.333. The highest BCUT2D eigenvalue weighted by Crippen LogP contribution is 2.23. The largest absolute Gasteiger partial charge is 0.493 e. The Labute approximate surface area is 176 Å². The third-order valence-corrected chi connectivity index (χ3v) is 5.66. The summed E-state index contributed by atoms with van der Waals surface area (Å²) >= 11 is 0. The fourth-order valence-electron chi connectivity index (χ4n) is 3.92. The number of hydrogen-bond acceptors (Lipinski definition) is 4. The number of aryl methyl sites for hydroxylation is 1. The molecule has 0 spiro atoms. The Kier molecular flexibility index (Phi) is 6.02. The first-order valence-corrected chi connectivity index (χ1v) is 10.4. The van der Waals surface area contributed by atoms with Crippen molar-refractivity contribution in [2.24, 2.45) is 7.05 Å². The number of aromatic nitrogens is 1. The fourth-order valence-corrected chi connectivity index (χ4v) is 3.92. The van der Waals surface area contributed by atoms with E-state index < -0.39 is 0 Å². The standard InChI is InChI=1S/C24H27N3O3/c1-25-21-11-6-5-10-20(21)22(18-24(25)29)30-17-7-12-23(28)27-15-13-26(14-16-27)19-8-3-2-4-9-19/h2-6,8-11,18H,7,12-17H2,1H3. The van der Waals surface area contributed by atoms with Crippen LogP contribution in [-0.4, -0.2) is 48.2 Å². The molecule has 0 atom stereocenters. The second kappa shape index (κ2) is 9.03. The van der Waals surface area contributed by atoms with Gasteiger partial charge in [-0.15, -0.1) is 0 Å². The van der Waals surface area contributed by atoms with E-state index >= 15 is 0 Å². The first kappa shape index (κ1) is 20.0. The molecule has 0 unspecified atom stereocenters. The van der Waals surface area contributed by atoms with Crippen LogP contribution in [0.15, 0.2) is 65.5 Å². The molecule has 30 heavy (non-hydrogen) atoms. The zero-order valence-electron chi connectivity index (χ0n) is 17.3. The maximum atomic E-state index is 12.6. The van der Waals surface area contributed by atoms with E-state index in [1.54, 1.807) is 11.6 Å². The number of nitrogens with zero attached hydrogens (tertiary/aromatic N) is 3. The lowest BCUT2D eigenvalue weighted by Gasteiger charge is -2.36. The number of benzene rings is 2. The molecular formula is C24H27N3O3. The lowest BCUT2D eigenvalue weighted by atomic mass is 10.2. The number of fused-ring (bicyclic) bond motifs is 1. The van der Waals surface area contributed by atoms with Gasteiger partial charge in [0.1, 0.15) is 5.75 Å². The number of rotatable bonds is 6. The average Bonchev–Trinajstić information content (AvgIpc) is 2.80. The van der Waals surface area contributed by atoms with Crippen LogP contribution < -0.4 is 15.2 Å². The number of carbonyl (C=O) groups is 1. The monoisotopic (exact) mass is 405 g/mol. The molecule has 6 heteroatoms. The molecule has 1 fully saturated rings. The van der Waals surface area contributed by atoms with E-state index in [2.05, 4.69) is 17.0 Å². The van der Waals surface area contributed by atoms with Gasteiger partial charge in [-0.3, -0.25) is 9.59 Å². The van der Waals surface area contributed by atoms with Gasteiger partial charge in [-0.2, -0.15) is 0 Å². The van der Waals surface area contributed by atoms with Gasteiger partial charge in [0.25, 0.3) is 5.56 Å². The number of para-hydroxylation sites is 2. The third-order valence-electron chi connectivity index (χ3n) is 5.66. The van der Waals surface area contributed by atoms with E-state index in [4.69, 9.17) is 4.74 Å². The smallest absolute Gasteiger partial charge is 0.254 e. The summed E-state index contributed by atoms with van der Waals surface area (Å²) in [5.41, 5.74) is 1.95. The second-order valence-corrected chi connectivity index (χ2v) is 7.58. The van der Waals surface area contributed by atoms with Gasteiger partial charge in [-0.05, 0) is 30.7 Å². The van der Waals surface area contributed by atoms with Crippen molar-refractivity contribution in [2.45, 2.75) is 12.8 Å². The van der Waals surface area contributed by atoms with Gasteiger partial charge in [0.05, 0.1) is 12.1 Å². The van der Waals surface area contributed by atoms with Gasteiger partial charge in [-0.25, -0.2) is 0 Å². The molecular weight excluding hydrogens is 378 g/mol. The minimum Gasteiger partial charge on any atom is -0.493 e. The van der Waals surface area contributed by atoms with Crippen molar-refractivity contribution in [3.05, 3.63) is 71.0 Å². The topological polar surface area (TPSA) is 54.8 Å². The summed E-state index contributed by atoms with van der Waals surface area (Å²) in [4.78, 5) is 29.0. The summed E-state index contributed by atoms with van der Waals surface area (Å²) < 4.78 is 7.49. The molecule has 6 nitrogen and oxygen atoms in total. The summed E-state index contributed by atoms with van der Waals surface area (Å²) in [6.45, 7) is 3.60. The summed E-state index contributed by atoms with van der Waals surface area (Å²) in [6, 6.07) is 19.5. The number of piperazine rings is 1. The van der Waals surface area contributed by atoms with E-state index in [0.29, 0.717) is 25.2 Å². The third kappa shape index (κ3) is 4.32. The average molecular weight is 405 g/mol. The summed E-state index contributed by atoms with van der Waals surface area (Å²) in [7, 11) is 1.75. The van der Waals surface area contributed by atoms with Crippen molar-refractivity contribution < 1.29 is 9.53 Å². The number of hydrogen-bond donors (Lipinski definition) is 0. The van der Waals surface area contributed by atoms with Crippen LogP contribution in [-0.2, 0) is 11.8 Å². The van der Waals surface area contributed by atoms with Crippen LogP contribution in [0.5, 0.6) is 5.75 Å². The Hall–Kier alpha value is -3.28. The Morgan fingerprint density at radius 3 is 2.43 bits per heavy atom. The zero-order valence-corrected chi connectivity index (χ0v) is 17.3. The van der Waals surface area contributed by atoms with Crippen LogP contribution in [0.25, 0.3) is 10.9 Å². The molecule has 1 aliphatic heterocycles. The van der Waals surface area contributed by atoms with Crippen molar-refractivity contribution in [2.75, 3.05) is 37.7 Å². The highest BCUT2D eigenvalue weighted by atomic mass is 16.5. The maximum Gasteiger partial charge on any atom is 0.254 e. The van der Waals surface area contributed by atoms with Gasteiger partial charge >= 0.3 is 0 Å². The molecule has 156 valence electrons. The number of pyridine rings is 1. The van der Waals surface area contributed by atoms with Crippen molar-refractivity contribution in [3.63, 3.8) is 0 Å². The van der Waals surface area contributed by atoms with E-state index in [1.807, 2.05) is 47.4 Å². The summed E-state index contributed by atoms with van der Waals surface area (Å²) in [5.74, 6) is 0.748. The molecule has 0 saturated carbocycles. The molecule has 2 heterocycles. The normalized spacial score (nSPS) is 14.2. The van der Waals surface area contributed by atoms with Gasteiger partial charge in [-0.1, -0.05) is 30.3 Å². The molecule has 1 amide bonds. The van der Waals surface area contributed by atoms with Gasteiger partial charge < -0.3 is 19.1 Å². The first-order valence-electron chi connectivity index (χ1n) is 10.4. The number of ether oxygens (including phenoxy) is 1. The summed E-state index contributed by atoms with van der Waals surface area (Å²) in [5, 5.41) is 0.906. The van der Waals surface area contributed by atoms with Crippen molar-refractivity contribution in [1.29, 1.82) is 0 Å². The Bertz CT molecular complexity index is 1070. The lowest BCUT2D eigenvalue weighted by Crippen LogP contribution is -2.48. The highest BCUT2D eigenvalue weighted by Gasteiger charge is 2.20. The Morgan fingerprint density at radius 2 is 1.67 bits per heavy atom. The molecule has 1 saturated heterocycles. The van der Waals surface area contributed by atoms with Crippen molar-refractivity contribution in [3.8, 4) is 5.75 Å². The SMILES string of the molecule is Cn1c(=O)cc(OCCCC(=O)N2CCN(c3ccccc3)CC2)c2ccccc21. The summed E-state index contributed by atoms with van der Waals surface area (Å²) in [6.07, 6.45) is 1.08. The van der Waals surface area contributed by atoms with Crippen molar-refractivity contribution >= 4 is 22.5 Å². The predicted molar refractivity (Wildman–Crippen MR) is 119 cm³/mol. The van der Waals surface area contributed by atoms with Crippen molar-refractivity contribution in [1.82, 2.24) is 9.47 Å². The number of carbonyl (C=O) groups excluding carboxylic acids is 1. The first-order chi connectivity index (χ1) is 14.6. The Morgan fingerprint density at radius 1 is 0.967 bits per heavy atom. The quantitative estimate of drug-likeness (QED) is 0.592. The van der Waals surface area contributed by atoms with Gasteiger partial charge in [0.15, 0.2) is 0 Å². The van der Waals surface area contributed by atoms with Crippen LogP contribution in [0.3, 0.4) is 0 Å². The van der Waals surface area contributed by atoms with Crippen LogP contribution in [0.2, 0.25) is 0 Å². The molecule has 0 bridgehead atoms. The zero-order chi connectivity index (χ0) is 20.9. The molecule has 0 N–H and O–H groups in total. The molecule has 4 rings (SSSR count). The number of anilines is 1. The molecule has 0 aliphatic carbocycles. The van der Waals surface area contributed by atoms with E-state index in [-0.39, 0.29) is 11.5 Å². The van der Waals surface area contributed by atoms with Gasteiger partial charge in [0, 0.05) is 56.8 Å². The molecule has 0 radical (unpaired) electrons. The predicted octanol–water partition coefficient (Wildman–Crippen LogP) is 3.05. The van der Waals surface area contributed by atoms with Crippen LogP contribution in [0.4, 0.5) is 5.69 Å². The Balaban J connectivity index is 1.27. The van der Waals surface area contributed by atoms with E-state index in [0.717, 1.165) is 37.1 Å². The minimum absolute atomic E-state index is 0.101. The van der Waals surface area contributed by atoms with E-state index in [9.17, 15) is 9.59 Å². The molecule has 2 aromatic carbocycles. The maximum absolute atomic E-state index is 12.6. The van der Waals surface area contributed by atoms with Crippen LogP contribution >= 0.6 is 0 Å². The highest BCUT2D eigenvalue weighted by molar-refractivity contribution is 5.85. The minimum atomic E-state index is -0.101. The molecule has 1 aliphatic rings. The second-order valence-electron chi connectivity index (χ2n) is 7.58. The van der Waals surface area contributed by atoms with E-state index in [1.165, 1.54) is 11.8 Å². The van der Waals surface area contributed by atoms with Crippen LogP contribution in [0, 0.1) is 0 Å². The van der Waals surface area contributed by atoms with Gasteiger partial charge in [0.2, 0.25) is 5.91 Å². The number of amides is 1. The lowest BCUT2D eigenvalue weighted by molar-refractivity contribution is -0.131. The molecule has 1 aromatic heterocycles. The molecule has 3 aromatic rings.